The van der Waals surface area contributed by atoms with Crippen LogP contribution in [0.5, 0.6) is 0 Å². The molecule has 0 amide bonds. The lowest BCUT2D eigenvalue weighted by Crippen LogP contribution is -2.28. The van der Waals surface area contributed by atoms with Crippen LogP contribution in [0.25, 0.3) is 0 Å². The summed E-state index contributed by atoms with van der Waals surface area (Å²) < 4.78 is 1.26. The third kappa shape index (κ3) is 2.44. The maximum absolute atomic E-state index is 5.97. The van der Waals surface area contributed by atoms with E-state index in [0.717, 1.165) is 19.6 Å². The first kappa shape index (κ1) is 10.8. The molecular formula is C9H14IN3S. The minimum atomic E-state index is 0.342. The molecule has 2 heterocycles. The first-order valence-electron chi connectivity index (χ1n) is 4.73. The van der Waals surface area contributed by atoms with Crippen LogP contribution in [0.2, 0.25) is 0 Å². The predicted molar refractivity (Wildman–Crippen MR) is 67.2 cm³/mol. The summed E-state index contributed by atoms with van der Waals surface area (Å²) in [6.07, 6.45) is 1.93. The van der Waals surface area contributed by atoms with Crippen molar-refractivity contribution in [3.63, 3.8) is 0 Å². The first-order chi connectivity index (χ1) is 6.65. The van der Waals surface area contributed by atoms with Gasteiger partial charge in [-0.1, -0.05) is 6.92 Å². The van der Waals surface area contributed by atoms with Gasteiger partial charge in [0.15, 0.2) is 0 Å². The topological polar surface area (TPSA) is 42.2 Å². The Morgan fingerprint density at radius 2 is 2.50 bits per heavy atom. The first-order valence-corrected chi connectivity index (χ1v) is 6.63. The van der Waals surface area contributed by atoms with Crippen LogP contribution in [-0.2, 0) is 6.54 Å². The van der Waals surface area contributed by atoms with Crippen molar-refractivity contribution >= 4 is 33.9 Å². The quantitative estimate of drug-likeness (QED) is 0.840. The molecule has 3 nitrogen and oxygen atoms in total. The molecule has 14 heavy (non-hydrogen) atoms. The fraction of sp³-hybridized carbons (Fsp3) is 0.667. The molecule has 1 saturated heterocycles. The number of halogens is 1. The van der Waals surface area contributed by atoms with Crippen LogP contribution in [0.4, 0.5) is 0 Å². The molecule has 1 aliphatic rings. The van der Waals surface area contributed by atoms with E-state index in [1.807, 2.05) is 6.20 Å². The average Bonchev–Trinajstić information content (AvgIpc) is 2.62. The number of hydrogen-bond donors (Lipinski definition) is 1. The molecule has 0 bridgehead atoms. The summed E-state index contributed by atoms with van der Waals surface area (Å²) in [4.78, 5) is 6.75. The Kier molecular flexibility index (Phi) is 3.41. The van der Waals surface area contributed by atoms with Crippen molar-refractivity contribution in [3.05, 3.63) is 14.1 Å². The molecule has 1 fully saturated rings. The monoisotopic (exact) mass is 323 g/mol. The van der Waals surface area contributed by atoms with Crippen molar-refractivity contribution in [2.75, 3.05) is 13.1 Å². The predicted octanol–water partition coefficient (Wildman–Crippen LogP) is 1.53. The second-order valence-electron chi connectivity index (χ2n) is 3.89. The van der Waals surface area contributed by atoms with Crippen LogP contribution in [0.15, 0.2) is 6.20 Å². The Balaban J connectivity index is 1.93. The number of hydrogen-bond acceptors (Lipinski definition) is 4. The van der Waals surface area contributed by atoms with Gasteiger partial charge in [-0.3, -0.25) is 4.90 Å². The zero-order valence-corrected chi connectivity index (χ0v) is 11.1. The molecule has 2 N–H and O–H groups in total. The third-order valence-corrected chi connectivity index (χ3v) is 4.34. The Labute approximate surface area is 102 Å². The van der Waals surface area contributed by atoms with E-state index in [-0.39, 0.29) is 0 Å². The average molecular weight is 323 g/mol. The highest BCUT2D eigenvalue weighted by Crippen LogP contribution is 2.20. The zero-order chi connectivity index (χ0) is 10.1. The highest BCUT2D eigenvalue weighted by molar-refractivity contribution is 14.1. The number of nitrogens with zero attached hydrogens (tertiary/aromatic N) is 2. The van der Waals surface area contributed by atoms with Crippen LogP contribution < -0.4 is 5.73 Å². The molecule has 78 valence electrons. The SMILES string of the molecule is CC1CN(Cc2ncc(I)s2)CC1N. The van der Waals surface area contributed by atoms with Crippen molar-refractivity contribution in [2.45, 2.75) is 19.5 Å². The number of thiazole rings is 1. The van der Waals surface area contributed by atoms with E-state index in [0.29, 0.717) is 12.0 Å². The lowest BCUT2D eigenvalue weighted by molar-refractivity contribution is 0.318. The van der Waals surface area contributed by atoms with Gasteiger partial charge >= 0.3 is 0 Å². The summed E-state index contributed by atoms with van der Waals surface area (Å²) in [5.41, 5.74) is 5.97. The van der Waals surface area contributed by atoms with Gasteiger partial charge < -0.3 is 5.73 Å². The molecule has 0 saturated carbocycles. The molecule has 2 rings (SSSR count). The summed E-state index contributed by atoms with van der Waals surface area (Å²) in [5, 5.41) is 1.20. The largest absolute Gasteiger partial charge is 0.326 e. The number of aromatic nitrogens is 1. The Morgan fingerprint density at radius 3 is 3.00 bits per heavy atom. The van der Waals surface area contributed by atoms with Crippen LogP contribution in [0.1, 0.15) is 11.9 Å². The van der Waals surface area contributed by atoms with Crippen LogP contribution in [0.3, 0.4) is 0 Å². The maximum atomic E-state index is 5.97. The van der Waals surface area contributed by atoms with E-state index in [2.05, 4.69) is 39.4 Å². The van der Waals surface area contributed by atoms with Crippen LogP contribution >= 0.6 is 33.9 Å². The van der Waals surface area contributed by atoms with Crippen LogP contribution in [-0.4, -0.2) is 29.0 Å². The van der Waals surface area contributed by atoms with Gasteiger partial charge in [0.25, 0.3) is 0 Å². The van der Waals surface area contributed by atoms with Gasteiger partial charge in [0.05, 0.1) is 15.6 Å². The third-order valence-electron chi connectivity index (χ3n) is 2.63. The second-order valence-corrected chi connectivity index (χ2v) is 6.90. The molecule has 0 aromatic carbocycles. The van der Waals surface area contributed by atoms with E-state index in [1.165, 1.54) is 7.89 Å². The lowest BCUT2D eigenvalue weighted by atomic mass is 10.1. The van der Waals surface area contributed by atoms with E-state index in [4.69, 9.17) is 5.73 Å². The molecule has 2 unspecified atom stereocenters. The second kappa shape index (κ2) is 4.42. The van der Waals surface area contributed by atoms with Crippen molar-refractivity contribution < 1.29 is 0 Å². The van der Waals surface area contributed by atoms with Gasteiger partial charge in [0, 0.05) is 19.1 Å². The summed E-state index contributed by atoms with van der Waals surface area (Å²) >= 11 is 4.08. The van der Waals surface area contributed by atoms with E-state index < -0.39 is 0 Å². The Hall–Kier alpha value is 0.280. The molecule has 1 aromatic heterocycles. The maximum Gasteiger partial charge on any atom is 0.108 e. The highest BCUT2D eigenvalue weighted by atomic mass is 127. The molecule has 1 aromatic rings. The van der Waals surface area contributed by atoms with Gasteiger partial charge in [-0.2, -0.15) is 0 Å². The Morgan fingerprint density at radius 1 is 1.71 bits per heavy atom. The van der Waals surface area contributed by atoms with Gasteiger partial charge in [0.1, 0.15) is 5.01 Å². The minimum absolute atomic E-state index is 0.342. The highest BCUT2D eigenvalue weighted by Gasteiger charge is 2.26. The molecule has 2 atom stereocenters. The summed E-state index contributed by atoms with van der Waals surface area (Å²) in [5.74, 6) is 0.619. The summed E-state index contributed by atoms with van der Waals surface area (Å²) in [6.45, 7) is 5.30. The number of likely N-dealkylation sites (tertiary alicyclic amines) is 1. The van der Waals surface area contributed by atoms with Crippen molar-refractivity contribution in [1.29, 1.82) is 0 Å². The molecule has 0 spiro atoms. The van der Waals surface area contributed by atoms with Crippen LogP contribution in [0, 0.1) is 8.80 Å². The van der Waals surface area contributed by atoms with Gasteiger partial charge in [-0.15, -0.1) is 11.3 Å². The lowest BCUT2D eigenvalue weighted by Gasteiger charge is -2.12. The molecule has 1 aliphatic heterocycles. The van der Waals surface area contributed by atoms with Crippen molar-refractivity contribution in [2.24, 2.45) is 11.7 Å². The molecule has 0 aliphatic carbocycles. The summed E-state index contributed by atoms with van der Waals surface area (Å²) in [6, 6.07) is 0.342. The fourth-order valence-corrected chi connectivity index (χ4v) is 3.36. The fourth-order valence-electron chi connectivity index (χ4n) is 1.78. The molecule has 5 heteroatoms. The minimum Gasteiger partial charge on any atom is -0.326 e. The number of nitrogens with two attached hydrogens (primary N) is 1. The Bertz CT molecular complexity index is 305. The van der Waals surface area contributed by atoms with Crippen molar-refractivity contribution in [3.8, 4) is 0 Å². The zero-order valence-electron chi connectivity index (χ0n) is 8.11. The van der Waals surface area contributed by atoms with Gasteiger partial charge in [-0.05, 0) is 28.5 Å². The normalized spacial score (nSPS) is 28.5. The molecule has 0 radical (unpaired) electrons. The molecular weight excluding hydrogens is 309 g/mol. The van der Waals surface area contributed by atoms with Gasteiger partial charge in [0.2, 0.25) is 0 Å². The van der Waals surface area contributed by atoms with Crippen molar-refractivity contribution in [1.82, 2.24) is 9.88 Å². The van der Waals surface area contributed by atoms with E-state index in [9.17, 15) is 0 Å². The summed E-state index contributed by atoms with van der Waals surface area (Å²) in [7, 11) is 0. The number of rotatable bonds is 2. The van der Waals surface area contributed by atoms with E-state index >= 15 is 0 Å². The smallest absolute Gasteiger partial charge is 0.108 e. The van der Waals surface area contributed by atoms with Gasteiger partial charge in [-0.25, -0.2) is 4.98 Å². The van der Waals surface area contributed by atoms with E-state index in [1.54, 1.807) is 11.3 Å². The standard InChI is InChI=1S/C9H14IN3S/c1-6-3-13(4-7(6)11)5-9-12-2-8(10)14-9/h2,6-7H,3-5,11H2,1H3.